The predicted molar refractivity (Wildman–Crippen MR) is 116 cm³/mol. The van der Waals surface area contributed by atoms with E-state index in [1.807, 2.05) is 49.5 Å². The van der Waals surface area contributed by atoms with Crippen LogP contribution in [-0.4, -0.2) is 49.8 Å². The number of anilines is 1. The molecule has 1 aliphatic heterocycles. The van der Waals surface area contributed by atoms with Crippen molar-refractivity contribution < 1.29 is 4.74 Å². The Labute approximate surface area is 172 Å². The Morgan fingerprint density at radius 2 is 2.11 bits per heavy atom. The van der Waals surface area contributed by atoms with E-state index in [4.69, 9.17) is 16.3 Å². The highest BCUT2D eigenvalue weighted by Crippen LogP contribution is 2.18. The molecule has 1 saturated heterocycles. The number of halogens is 1. The van der Waals surface area contributed by atoms with E-state index < -0.39 is 0 Å². The topological polar surface area (TPSA) is 61.8 Å². The summed E-state index contributed by atoms with van der Waals surface area (Å²) >= 11 is 6.00. The van der Waals surface area contributed by atoms with Crippen LogP contribution in [0.5, 0.6) is 5.75 Å². The fraction of sp³-hybridized carbons (Fsp3) is 0.429. The highest BCUT2D eigenvalue weighted by Gasteiger charge is 2.20. The van der Waals surface area contributed by atoms with Gasteiger partial charge >= 0.3 is 0 Å². The Hall–Kier alpha value is -2.47. The summed E-state index contributed by atoms with van der Waals surface area (Å²) in [6, 6.07) is 13.9. The third-order valence-electron chi connectivity index (χ3n) is 4.72. The maximum Gasteiger partial charge on any atom is 0.191 e. The number of rotatable bonds is 6. The van der Waals surface area contributed by atoms with Gasteiger partial charge in [0.1, 0.15) is 17.7 Å². The van der Waals surface area contributed by atoms with Crippen LogP contribution < -0.4 is 20.3 Å². The van der Waals surface area contributed by atoms with Crippen LogP contribution in [0.25, 0.3) is 0 Å². The molecule has 2 N–H and O–H groups in total. The Kier molecular flexibility index (Phi) is 7.37. The molecule has 1 fully saturated rings. The summed E-state index contributed by atoms with van der Waals surface area (Å²) in [7, 11) is 1.79. The van der Waals surface area contributed by atoms with Gasteiger partial charge in [0.15, 0.2) is 5.96 Å². The largest absolute Gasteiger partial charge is 0.489 e. The Bertz CT molecular complexity index is 762. The van der Waals surface area contributed by atoms with Gasteiger partial charge in [-0.25, -0.2) is 4.98 Å². The number of benzene rings is 1. The lowest BCUT2D eigenvalue weighted by Crippen LogP contribution is -2.50. The summed E-state index contributed by atoms with van der Waals surface area (Å²) < 4.78 is 5.90. The lowest BCUT2D eigenvalue weighted by atomic mass is 10.1. The molecule has 2 aromatic rings. The van der Waals surface area contributed by atoms with Crippen molar-refractivity contribution in [3.05, 3.63) is 53.7 Å². The molecule has 1 unspecified atom stereocenters. The monoisotopic (exact) mass is 401 g/mol. The van der Waals surface area contributed by atoms with E-state index in [9.17, 15) is 0 Å². The maximum atomic E-state index is 6.00. The van der Waals surface area contributed by atoms with Gasteiger partial charge in [0, 0.05) is 37.4 Å². The molecule has 150 valence electrons. The first-order valence-corrected chi connectivity index (χ1v) is 10.1. The smallest absolute Gasteiger partial charge is 0.191 e. The van der Waals surface area contributed by atoms with Gasteiger partial charge in [-0.1, -0.05) is 23.7 Å². The van der Waals surface area contributed by atoms with Crippen LogP contribution in [0.15, 0.2) is 53.7 Å². The standard InChI is InChI=1S/C21H28ClN5O/c1-16(28-19-7-5-6-17(22)14-19)15-25-21(23-2)26-18-9-12-27(13-10-18)20-8-3-4-11-24-20/h3-8,11,14,16,18H,9-10,12-13,15H2,1-2H3,(H2,23,25,26). The molecular weight excluding hydrogens is 374 g/mol. The first kappa shape index (κ1) is 20.3. The van der Waals surface area contributed by atoms with Crippen LogP contribution in [0.1, 0.15) is 19.8 Å². The van der Waals surface area contributed by atoms with Crippen LogP contribution >= 0.6 is 11.6 Å². The minimum Gasteiger partial charge on any atom is -0.489 e. The zero-order valence-electron chi connectivity index (χ0n) is 16.4. The van der Waals surface area contributed by atoms with Crippen LogP contribution in [0, 0.1) is 0 Å². The minimum absolute atomic E-state index is 0.0111. The molecule has 1 aliphatic rings. The van der Waals surface area contributed by atoms with Gasteiger partial charge in [0.2, 0.25) is 0 Å². The molecule has 3 rings (SSSR count). The minimum atomic E-state index is -0.0111. The summed E-state index contributed by atoms with van der Waals surface area (Å²) in [5.41, 5.74) is 0. The van der Waals surface area contributed by atoms with Crippen molar-refractivity contribution in [3.8, 4) is 5.75 Å². The van der Waals surface area contributed by atoms with Crippen molar-refractivity contribution in [2.45, 2.75) is 31.9 Å². The summed E-state index contributed by atoms with van der Waals surface area (Å²) in [6.45, 7) is 4.64. The number of aliphatic imine (C=N–C) groups is 1. The second-order valence-corrected chi connectivity index (χ2v) is 7.37. The third kappa shape index (κ3) is 6.02. The molecule has 1 aromatic heterocycles. The molecule has 1 atom stereocenters. The summed E-state index contributed by atoms with van der Waals surface area (Å²) in [4.78, 5) is 11.1. The van der Waals surface area contributed by atoms with Gasteiger partial charge in [-0.05, 0) is 50.1 Å². The predicted octanol–water partition coefficient (Wildman–Crippen LogP) is 3.34. The quantitative estimate of drug-likeness (QED) is 0.574. The van der Waals surface area contributed by atoms with E-state index in [-0.39, 0.29) is 6.10 Å². The second kappa shape index (κ2) is 10.2. The van der Waals surface area contributed by atoms with Crippen LogP contribution in [0.3, 0.4) is 0 Å². The molecule has 0 bridgehead atoms. The third-order valence-corrected chi connectivity index (χ3v) is 4.96. The Morgan fingerprint density at radius 3 is 2.79 bits per heavy atom. The number of nitrogens with zero attached hydrogens (tertiary/aromatic N) is 3. The van der Waals surface area contributed by atoms with E-state index in [0.29, 0.717) is 17.6 Å². The summed E-state index contributed by atoms with van der Waals surface area (Å²) in [6.07, 6.45) is 3.93. The molecule has 2 heterocycles. The fourth-order valence-electron chi connectivity index (χ4n) is 3.24. The van der Waals surface area contributed by atoms with E-state index >= 15 is 0 Å². The molecule has 6 nitrogen and oxygen atoms in total. The van der Waals surface area contributed by atoms with E-state index in [1.165, 1.54) is 0 Å². The first-order chi connectivity index (χ1) is 13.6. The fourth-order valence-corrected chi connectivity index (χ4v) is 3.42. The van der Waals surface area contributed by atoms with Crippen LogP contribution in [0.2, 0.25) is 5.02 Å². The molecule has 1 aromatic carbocycles. The number of piperidine rings is 1. The highest BCUT2D eigenvalue weighted by molar-refractivity contribution is 6.30. The molecule has 0 radical (unpaired) electrons. The van der Waals surface area contributed by atoms with Crippen LogP contribution in [0.4, 0.5) is 5.82 Å². The number of hydrogen-bond acceptors (Lipinski definition) is 4. The van der Waals surface area contributed by atoms with E-state index in [0.717, 1.165) is 43.5 Å². The second-order valence-electron chi connectivity index (χ2n) is 6.93. The molecule has 0 amide bonds. The lowest BCUT2D eigenvalue weighted by molar-refractivity contribution is 0.223. The molecule has 0 spiro atoms. The van der Waals surface area contributed by atoms with E-state index in [1.54, 1.807) is 7.05 Å². The SMILES string of the molecule is CN=C(NCC(C)Oc1cccc(Cl)c1)NC1CCN(c2ccccn2)CC1. The normalized spacial score (nSPS) is 16.5. The van der Waals surface area contributed by atoms with Crippen molar-refractivity contribution in [1.82, 2.24) is 15.6 Å². The first-order valence-electron chi connectivity index (χ1n) is 9.69. The van der Waals surface area contributed by atoms with Gasteiger partial charge in [-0.2, -0.15) is 0 Å². The van der Waals surface area contributed by atoms with Gasteiger partial charge in [-0.15, -0.1) is 0 Å². The van der Waals surface area contributed by atoms with Gasteiger partial charge < -0.3 is 20.3 Å². The van der Waals surface area contributed by atoms with Gasteiger partial charge in [0.25, 0.3) is 0 Å². The zero-order chi connectivity index (χ0) is 19.8. The zero-order valence-corrected chi connectivity index (χ0v) is 17.2. The van der Waals surface area contributed by atoms with Gasteiger partial charge in [-0.3, -0.25) is 4.99 Å². The average Bonchev–Trinajstić information content (AvgIpc) is 2.72. The summed E-state index contributed by atoms with van der Waals surface area (Å²) in [5, 5.41) is 7.54. The molecule has 28 heavy (non-hydrogen) atoms. The number of nitrogens with one attached hydrogen (secondary N) is 2. The van der Waals surface area contributed by atoms with E-state index in [2.05, 4.69) is 31.6 Å². The average molecular weight is 402 g/mol. The molecule has 0 saturated carbocycles. The number of aromatic nitrogens is 1. The van der Waals surface area contributed by atoms with Crippen molar-refractivity contribution in [2.24, 2.45) is 4.99 Å². The van der Waals surface area contributed by atoms with Crippen LogP contribution in [-0.2, 0) is 0 Å². The Morgan fingerprint density at radius 1 is 1.29 bits per heavy atom. The molecular formula is C21H28ClN5O. The number of hydrogen-bond donors (Lipinski definition) is 2. The van der Waals surface area contributed by atoms with Crippen molar-refractivity contribution in [1.29, 1.82) is 0 Å². The van der Waals surface area contributed by atoms with Crippen molar-refractivity contribution in [2.75, 3.05) is 31.6 Å². The highest BCUT2D eigenvalue weighted by atomic mass is 35.5. The maximum absolute atomic E-state index is 6.00. The van der Waals surface area contributed by atoms with Crippen molar-refractivity contribution in [3.63, 3.8) is 0 Å². The lowest BCUT2D eigenvalue weighted by Gasteiger charge is -2.33. The number of pyridine rings is 1. The number of ether oxygens (including phenoxy) is 1. The Balaban J connectivity index is 1.41. The molecule has 0 aliphatic carbocycles. The number of guanidine groups is 1. The van der Waals surface area contributed by atoms with Gasteiger partial charge in [0.05, 0.1) is 6.54 Å². The van der Waals surface area contributed by atoms with Crippen molar-refractivity contribution >= 4 is 23.4 Å². The summed E-state index contributed by atoms with van der Waals surface area (Å²) in [5.74, 6) is 2.62. The molecule has 7 heteroatoms.